The fourth-order valence-corrected chi connectivity index (χ4v) is 0.859. The lowest BCUT2D eigenvalue weighted by Gasteiger charge is -2.08. The second-order valence-corrected chi connectivity index (χ2v) is 2.34. The first-order valence-electron chi connectivity index (χ1n) is 3.93. The number of carbonyl (C=O) groups excluding carboxylic acids is 2. The van der Waals surface area contributed by atoms with Gasteiger partial charge in [-0.3, -0.25) is 0 Å². The molecule has 1 aromatic rings. The molecule has 0 aliphatic carbocycles. The number of nitrogens with zero attached hydrogens (tertiary/aromatic N) is 2. The number of rotatable bonds is 0. The fraction of sp³-hybridized carbons (Fsp3) is 0.250. The van der Waals surface area contributed by atoms with Crippen molar-refractivity contribution in [3.8, 4) is 0 Å². The van der Waals surface area contributed by atoms with Crippen molar-refractivity contribution in [1.82, 2.24) is 9.36 Å². The third-order valence-electron chi connectivity index (χ3n) is 1.52. The standard InChI is InChI=1S/C8H10N2O5/c1-13-7(11)9-3-5-15-6-4-10(9)8(12)14-2/h3-6H,1-2H3. The first kappa shape index (κ1) is 10.9. The van der Waals surface area contributed by atoms with Crippen LogP contribution in [0.25, 0.3) is 0 Å². The third kappa shape index (κ3) is 2.39. The summed E-state index contributed by atoms with van der Waals surface area (Å²) in [5.74, 6) is 0. The van der Waals surface area contributed by atoms with Crippen molar-refractivity contribution in [3.63, 3.8) is 0 Å². The minimum absolute atomic E-state index is 0.744. The lowest BCUT2D eigenvalue weighted by atomic mass is 10.9. The number of carbonyl (C=O) groups is 2. The van der Waals surface area contributed by atoms with E-state index in [-0.39, 0.29) is 0 Å². The van der Waals surface area contributed by atoms with Gasteiger partial charge in [0.2, 0.25) is 0 Å². The molecule has 0 unspecified atom stereocenters. The van der Waals surface area contributed by atoms with E-state index in [1.54, 1.807) is 0 Å². The van der Waals surface area contributed by atoms with Gasteiger partial charge < -0.3 is 13.9 Å². The highest BCUT2D eigenvalue weighted by Crippen LogP contribution is 1.94. The van der Waals surface area contributed by atoms with Crippen LogP contribution in [0.4, 0.5) is 9.59 Å². The van der Waals surface area contributed by atoms with Crippen LogP contribution in [0.2, 0.25) is 0 Å². The van der Waals surface area contributed by atoms with E-state index >= 15 is 0 Å². The van der Waals surface area contributed by atoms with E-state index in [0.717, 1.165) is 9.36 Å². The summed E-state index contributed by atoms with van der Waals surface area (Å²) >= 11 is 0. The number of hydrogen-bond acceptors (Lipinski definition) is 5. The predicted molar refractivity (Wildman–Crippen MR) is 47.9 cm³/mol. The van der Waals surface area contributed by atoms with Gasteiger partial charge in [-0.1, -0.05) is 0 Å². The summed E-state index contributed by atoms with van der Waals surface area (Å²) in [5, 5.41) is 0. The lowest BCUT2D eigenvalue weighted by molar-refractivity contribution is 0.147. The van der Waals surface area contributed by atoms with Crippen LogP contribution in [-0.2, 0) is 9.47 Å². The van der Waals surface area contributed by atoms with Crippen molar-refractivity contribution in [2.45, 2.75) is 0 Å². The van der Waals surface area contributed by atoms with Crippen molar-refractivity contribution >= 4 is 12.2 Å². The smallest absolute Gasteiger partial charge is 0.433 e. The maximum absolute atomic E-state index is 11.3. The second kappa shape index (κ2) is 4.89. The number of hydrogen-bond donors (Lipinski definition) is 0. The molecule has 1 aromatic heterocycles. The van der Waals surface area contributed by atoms with Crippen LogP contribution >= 0.6 is 0 Å². The fourth-order valence-electron chi connectivity index (χ4n) is 0.859. The van der Waals surface area contributed by atoms with Gasteiger partial charge in [-0.25, -0.2) is 9.59 Å². The molecule has 0 aliphatic rings. The molecule has 0 amide bonds. The first-order valence-corrected chi connectivity index (χ1v) is 3.93. The van der Waals surface area contributed by atoms with Crippen molar-refractivity contribution in [3.05, 3.63) is 24.9 Å². The quantitative estimate of drug-likeness (QED) is 0.649. The summed E-state index contributed by atoms with van der Waals surface area (Å²) in [7, 11) is 2.39. The highest BCUT2D eigenvalue weighted by atomic mass is 16.6. The van der Waals surface area contributed by atoms with Crippen molar-refractivity contribution in [2.24, 2.45) is 0 Å². The molecule has 82 valence electrons. The molecule has 0 radical (unpaired) electrons. The molecule has 0 aliphatic heterocycles. The topological polar surface area (TPSA) is 75.6 Å². The summed E-state index contributed by atoms with van der Waals surface area (Å²) in [6, 6.07) is 0. The summed E-state index contributed by atoms with van der Waals surface area (Å²) < 4.78 is 15.5. The second-order valence-electron chi connectivity index (χ2n) is 2.34. The van der Waals surface area contributed by atoms with Gasteiger partial charge in [0.15, 0.2) is 0 Å². The zero-order valence-electron chi connectivity index (χ0n) is 8.25. The van der Waals surface area contributed by atoms with Gasteiger partial charge in [0.1, 0.15) is 12.5 Å². The van der Waals surface area contributed by atoms with E-state index in [1.807, 2.05) is 0 Å². The molecule has 1 heterocycles. The van der Waals surface area contributed by atoms with Crippen LogP contribution in [-0.4, -0.2) is 35.8 Å². The predicted octanol–water partition coefficient (Wildman–Crippen LogP) is 1.24. The molecule has 0 saturated carbocycles. The first-order chi connectivity index (χ1) is 7.20. The number of methoxy groups -OCH3 is 2. The third-order valence-corrected chi connectivity index (χ3v) is 1.52. The molecular weight excluding hydrogens is 204 g/mol. The molecule has 0 aromatic carbocycles. The summed E-state index contributed by atoms with van der Waals surface area (Å²) in [5.41, 5.74) is 0. The van der Waals surface area contributed by atoms with E-state index in [4.69, 9.17) is 4.42 Å². The van der Waals surface area contributed by atoms with Crippen molar-refractivity contribution < 1.29 is 23.5 Å². The minimum atomic E-state index is -0.744. The Morgan fingerprint density at radius 3 is 1.73 bits per heavy atom. The van der Waals surface area contributed by atoms with Gasteiger partial charge in [0.25, 0.3) is 0 Å². The Kier molecular flexibility index (Phi) is 3.55. The summed E-state index contributed by atoms with van der Waals surface area (Å²) in [6.07, 6.45) is 3.40. The zero-order valence-corrected chi connectivity index (χ0v) is 8.25. The SMILES string of the molecule is COC(=O)n1ccoccn1C(=O)OC. The number of ether oxygens (including phenoxy) is 2. The Morgan fingerprint density at radius 1 is 1.00 bits per heavy atom. The van der Waals surface area contributed by atoms with Crippen LogP contribution in [0.5, 0.6) is 0 Å². The van der Waals surface area contributed by atoms with Crippen molar-refractivity contribution in [1.29, 1.82) is 0 Å². The molecule has 1 rings (SSSR count). The molecule has 0 atom stereocenters. The molecule has 7 heteroatoms. The van der Waals surface area contributed by atoms with Gasteiger partial charge >= 0.3 is 12.2 Å². The average molecular weight is 214 g/mol. The summed E-state index contributed by atoms with van der Waals surface area (Å²) in [6.45, 7) is 0. The monoisotopic (exact) mass is 214 g/mol. The molecule has 0 bridgehead atoms. The van der Waals surface area contributed by atoms with E-state index in [2.05, 4.69) is 9.47 Å². The van der Waals surface area contributed by atoms with Crippen LogP contribution in [0.1, 0.15) is 0 Å². The minimum Gasteiger partial charge on any atom is -0.469 e. The number of aromatic nitrogens is 2. The Morgan fingerprint density at radius 2 is 1.40 bits per heavy atom. The Bertz CT molecular complexity index is 363. The molecule has 0 fully saturated rings. The van der Waals surface area contributed by atoms with Gasteiger partial charge in [0, 0.05) is 0 Å². The van der Waals surface area contributed by atoms with Crippen LogP contribution in [0.3, 0.4) is 0 Å². The lowest BCUT2D eigenvalue weighted by Crippen LogP contribution is -2.27. The van der Waals surface area contributed by atoms with E-state index in [1.165, 1.54) is 39.1 Å². The Labute approximate surface area is 85.1 Å². The Hall–Kier alpha value is -2.18. The normalized spacial score (nSPS) is 9.20. The molecule has 0 N–H and O–H groups in total. The highest BCUT2D eigenvalue weighted by Gasteiger charge is 2.11. The molecule has 0 saturated heterocycles. The van der Waals surface area contributed by atoms with Gasteiger partial charge in [-0.2, -0.15) is 9.36 Å². The van der Waals surface area contributed by atoms with E-state index < -0.39 is 12.2 Å². The molecule has 15 heavy (non-hydrogen) atoms. The van der Waals surface area contributed by atoms with E-state index in [9.17, 15) is 9.59 Å². The summed E-state index contributed by atoms with van der Waals surface area (Å²) in [4.78, 5) is 22.5. The highest BCUT2D eigenvalue weighted by molar-refractivity contribution is 5.75. The maximum atomic E-state index is 11.3. The maximum Gasteiger partial charge on any atom is 0.433 e. The molecular formula is C8H10N2O5. The van der Waals surface area contributed by atoms with Gasteiger partial charge in [0.05, 0.1) is 26.6 Å². The largest absolute Gasteiger partial charge is 0.469 e. The van der Waals surface area contributed by atoms with E-state index in [0.29, 0.717) is 0 Å². The molecule has 0 spiro atoms. The van der Waals surface area contributed by atoms with Gasteiger partial charge in [-0.05, 0) is 0 Å². The average Bonchev–Trinajstić information content (AvgIpc) is 2.52. The Balaban J connectivity index is 3.31. The van der Waals surface area contributed by atoms with Gasteiger partial charge in [-0.15, -0.1) is 0 Å². The van der Waals surface area contributed by atoms with Crippen LogP contribution in [0, 0.1) is 0 Å². The van der Waals surface area contributed by atoms with Crippen LogP contribution in [0.15, 0.2) is 29.3 Å². The van der Waals surface area contributed by atoms with Crippen LogP contribution < -0.4 is 0 Å². The molecule has 7 nitrogen and oxygen atoms in total. The zero-order chi connectivity index (χ0) is 11.3. The van der Waals surface area contributed by atoms with Crippen molar-refractivity contribution in [2.75, 3.05) is 14.2 Å².